The predicted molar refractivity (Wildman–Crippen MR) is 121 cm³/mol. The molecule has 4 rings (SSSR count). The highest BCUT2D eigenvalue weighted by atomic mass is 16.5. The largest absolute Gasteiger partial charge is 0.395 e. The minimum Gasteiger partial charge on any atom is -0.395 e. The normalized spacial score (nSPS) is 17.1. The van der Waals surface area contributed by atoms with Crippen LogP contribution in [0.2, 0.25) is 0 Å². The van der Waals surface area contributed by atoms with Crippen molar-refractivity contribution in [1.29, 1.82) is 0 Å². The van der Waals surface area contributed by atoms with E-state index in [1.54, 1.807) is 0 Å². The number of pyridine rings is 1. The first-order valence-corrected chi connectivity index (χ1v) is 11.0. The molecule has 0 aliphatic carbocycles. The molecule has 0 radical (unpaired) electrons. The molecule has 2 aromatic heterocycles. The van der Waals surface area contributed by atoms with Crippen molar-refractivity contribution in [2.24, 2.45) is 0 Å². The van der Waals surface area contributed by atoms with Crippen LogP contribution in [0.15, 0.2) is 42.7 Å². The summed E-state index contributed by atoms with van der Waals surface area (Å²) in [6.45, 7) is 7.04. The van der Waals surface area contributed by atoms with Crippen molar-refractivity contribution in [3.8, 4) is 0 Å². The molecule has 0 bridgehead atoms. The summed E-state index contributed by atoms with van der Waals surface area (Å²) in [5, 5.41) is 12.6. The van der Waals surface area contributed by atoms with Gasteiger partial charge in [0.05, 0.1) is 30.0 Å². The minimum atomic E-state index is -0.242. The number of rotatable bonds is 7. The summed E-state index contributed by atoms with van der Waals surface area (Å²) in [6, 6.07) is 9.38. The highest BCUT2D eigenvalue weighted by Gasteiger charge is 2.25. The molecule has 1 aliphatic rings. The monoisotopic (exact) mass is 435 g/mol. The maximum Gasteiger partial charge on any atom is 0.252 e. The summed E-state index contributed by atoms with van der Waals surface area (Å²) < 4.78 is 6.04. The van der Waals surface area contributed by atoms with Crippen molar-refractivity contribution in [3.63, 3.8) is 0 Å². The van der Waals surface area contributed by atoms with Gasteiger partial charge in [0.2, 0.25) is 0 Å². The van der Waals surface area contributed by atoms with Crippen LogP contribution in [0.4, 0.5) is 0 Å². The van der Waals surface area contributed by atoms with E-state index in [1.165, 1.54) is 0 Å². The molecular formula is C24H29N5O3. The lowest BCUT2D eigenvalue weighted by atomic mass is 10.0. The second-order valence-electron chi connectivity index (χ2n) is 8.29. The molecule has 1 aromatic carbocycles. The van der Waals surface area contributed by atoms with Crippen molar-refractivity contribution in [2.75, 3.05) is 32.8 Å². The second kappa shape index (κ2) is 10.1. The number of morpholine rings is 1. The number of hydrogen-bond donors (Lipinski definition) is 2. The van der Waals surface area contributed by atoms with Crippen molar-refractivity contribution >= 4 is 16.8 Å². The van der Waals surface area contributed by atoms with Crippen molar-refractivity contribution in [3.05, 3.63) is 65.4 Å². The third kappa shape index (κ3) is 5.09. The van der Waals surface area contributed by atoms with E-state index >= 15 is 0 Å². The second-order valence-corrected chi connectivity index (χ2v) is 8.29. The average Bonchev–Trinajstić information content (AvgIpc) is 2.82. The number of nitrogens with one attached hydrogen (secondary N) is 1. The number of nitrogens with zero attached hydrogens (tertiary/aromatic N) is 4. The Balaban J connectivity index is 1.54. The Morgan fingerprint density at radius 1 is 1.28 bits per heavy atom. The van der Waals surface area contributed by atoms with E-state index in [1.807, 2.05) is 42.7 Å². The number of ether oxygens (including phenoxy) is 1. The summed E-state index contributed by atoms with van der Waals surface area (Å²) in [5.74, 6) is 0.925. The molecule has 1 aliphatic heterocycles. The lowest BCUT2D eigenvalue weighted by molar-refractivity contribution is -0.0349. The van der Waals surface area contributed by atoms with Gasteiger partial charge in [-0.15, -0.1) is 0 Å². The van der Waals surface area contributed by atoms with Crippen LogP contribution in [0, 0.1) is 0 Å². The molecule has 1 atom stereocenters. The van der Waals surface area contributed by atoms with Crippen LogP contribution in [-0.2, 0) is 11.3 Å². The Kier molecular flexibility index (Phi) is 7.04. The van der Waals surface area contributed by atoms with Crippen LogP contribution in [-0.4, -0.2) is 63.7 Å². The molecule has 1 amide bonds. The van der Waals surface area contributed by atoms with Crippen LogP contribution >= 0.6 is 0 Å². The third-order valence-electron chi connectivity index (χ3n) is 5.51. The van der Waals surface area contributed by atoms with E-state index in [9.17, 15) is 4.79 Å². The SMILES string of the molecule is CC(C)c1ncc(CN2CCO[C@@H](c3cc(C(=O)NCCO)c4ccccc4n3)C2)cn1. The summed E-state index contributed by atoms with van der Waals surface area (Å²) in [6.07, 6.45) is 3.55. The van der Waals surface area contributed by atoms with Crippen molar-refractivity contribution in [1.82, 2.24) is 25.2 Å². The van der Waals surface area contributed by atoms with E-state index in [-0.39, 0.29) is 25.2 Å². The lowest BCUT2D eigenvalue weighted by Crippen LogP contribution is -2.38. The summed E-state index contributed by atoms with van der Waals surface area (Å²) in [4.78, 5) is 28.7. The fourth-order valence-electron chi connectivity index (χ4n) is 3.84. The molecular weight excluding hydrogens is 406 g/mol. The van der Waals surface area contributed by atoms with Crippen molar-refractivity contribution in [2.45, 2.75) is 32.4 Å². The topological polar surface area (TPSA) is 100 Å². The first kappa shape index (κ1) is 22.3. The van der Waals surface area contributed by atoms with Gasteiger partial charge in [0.15, 0.2) is 0 Å². The van der Waals surface area contributed by atoms with E-state index < -0.39 is 0 Å². The zero-order chi connectivity index (χ0) is 22.5. The molecule has 0 spiro atoms. The molecule has 2 N–H and O–H groups in total. The third-order valence-corrected chi connectivity index (χ3v) is 5.51. The fourth-order valence-corrected chi connectivity index (χ4v) is 3.84. The molecule has 0 unspecified atom stereocenters. The first-order valence-electron chi connectivity index (χ1n) is 11.0. The maximum atomic E-state index is 12.7. The lowest BCUT2D eigenvalue weighted by Gasteiger charge is -2.32. The van der Waals surface area contributed by atoms with Gasteiger partial charge in [0.1, 0.15) is 11.9 Å². The number of aliphatic hydroxyl groups is 1. The highest BCUT2D eigenvalue weighted by Crippen LogP contribution is 2.26. The molecule has 1 fully saturated rings. The molecule has 32 heavy (non-hydrogen) atoms. The van der Waals surface area contributed by atoms with Gasteiger partial charge in [-0.3, -0.25) is 9.69 Å². The average molecular weight is 436 g/mol. The number of aromatic nitrogens is 3. The van der Waals surface area contributed by atoms with Crippen LogP contribution < -0.4 is 5.32 Å². The van der Waals surface area contributed by atoms with Crippen molar-refractivity contribution < 1.29 is 14.6 Å². The Labute approximate surface area is 187 Å². The maximum absolute atomic E-state index is 12.7. The predicted octanol–water partition coefficient (Wildman–Crippen LogP) is 2.44. The molecule has 8 nitrogen and oxygen atoms in total. The number of aliphatic hydroxyl groups excluding tert-OH is 1. The van der Waals surface area contributed by atoms with Gasteiger partial charge in [-0.2, -0.15) is 0 Å². The number of para-hydroxylation sites is 1. The molecule has 168 valence electrons. The van der Waals surface area contributed by atoms with Crippen LogP contribution in [0.25, 0.3) is 10.9 Å². The Morgan fingerprint density at radius 2 is 2.06 bits per heavy atom. The zero-order valence-electron chi connectivity index (χ0n) is 18.5. The van der Waals surface area contributed by atoms with E-state index in [4.69, 9.17) is 14.8 Å². The molecule has 3 aromatic rings. The molecule has 1 saturated heterocycles. The number of amides is 1. The van der Waals surface area contributed by atoms with Gasteiger partial charge >= 0.3 is 0 Å². The summed E-state index contributed by atoms with van der Waals surface area (Å²) in [5.41, 5.74) is 3.08. The number of carbonyl (C=O) groups is 1. The van der Waals surface area contributed by atoms with Gasteiger partial charge in [-0.05, 0) is 12.1 Å². The molecule has 3 heterocycles. The summed E-state index contributed by atoms with van der Waals surface area (Å²) >= 11 is 0. The highest BCUT2D eigenvalue weighted by molar-refractivity contribution is 6.06. The van der Waals surface area contributed by atoms with Crippen LogP contribution in [0.5, 0.6) is 0 Å². The van der Waals surface area contributed by atoms with Gasteiger partial charge in [-0.1, -0.05) is 32.0 Å². The van der Waals surface area contributed by atoms with Crippen LogP contribution in [0.1, 0.15) is 53.3 Å². The van der Waals surface area contributed by atoms with Gasteiger partial charge in [-0.25, -0.2) is 15.0 Å². The van der Waals surface area contributed by atoms with E-state index in [0.717, 1.165) is 41.1 Å². The standard InChI is InChI=1S/C24H29N5O3/c1-16(2)23-26-12-17(13-27-23)14-29-8-10-32-22(15-29)21-11-19(24(31)25-7-9-30)18-5-3-4-6-20(18)28-21/h3-6,11-13,16,22,30H,7-10,14-15H2,1-2H3,(H,25,31)/t22-/m1/s1. The fraction of sp³-hybridized carbons (Fsp3) is 0.417. The van der Waals surface area contributed by atoms with Gasteiger partial charge < -0.3 is 15.2 Å². The number of benzene rings is 1. The molecule has 0 saturated carbocycles. The first-order chi connectivity index (χ1) is 15.5. The summed E-state index contributed by atoms with van der Waals surface area (Å²) in [7, 11) is 0. The molecule has 8 heteroatoms. The van der Waals surface area contributed by atoms with E-state index in [2.05, 4.69) is 34.0 Å². The Hall–Kier alpha value is -2.94. The number of fused-ring (bicyclic) bond motifs is 1. The Bertz CT molecular complexity index is 1070. The Morgan fingerprint density at radius 3 is 2.81 bits per heavy atom. The minimum absolute atomic E-state index is 0.107. The number of carbonyl (C=O) groups excluding carboxylic acids is 1. The van der Waals surface area contributed by atoms with Gasteiger partial charge in [0.25, 0.3) is 5.91 Å². The quantitative estimate of drug-likeness (QED) is 0.588. The number of hydrogen-bond acceptors (Lipinski definition) is 7. The van der Waals surface area contributed by atoms with Crippen LogP contribution in [0.3, 0.4) is 0 Å². The zero-order valence-corrected chi connectivity index (χ0v) is 18.5. The smallest absolute Gasteiger partial charge is 0.252 e. The van der Waals surface area contributed by atoms with Gasteiger partial charge in [0, 0.05) is 55.4 Å². The van der Waals surface area contributed by atoms with E-state index in [0.29, 0.717) is 24.6 Å².